The molecule has 0 saturated heterocycles. The molecule has 0 aromatic carbocycles. The molecule has 3 N–H and O–H groups in total. The van der Waals surface area contributed by atoms with Crippen LogP contribution in [0, 0.1) is 0 Å². The molecule has 96 valence electrons. The van der Waals surface area contributed by atoms with E-state index in [9.17, 15) is 4.79 Å². The Bertz CT molecular complexity index is 537. The number of nitrogens with zero attached hydrogens (tertiary/aromatic N) is 3. The second-order valence-electron chi connectivity index (χ2n) is 3.51. The van der Waals surface area contributed by atoms with Crippen LogP contribution in [-0.4, -0.2) is 31.2 Å². The van der Waals surface area contributed by atoms with E-state index in [1.54, 1.807) is 19.1 Å². The van der Waals surface area contributed by atoms with Gasteiger partial charge in [0.25, 0.3) is 0 Å². The van der Waals surface area contributed by atoms with Crippen molar-refractivity contribution in [3.8, 4) is 11.6 Å². The number of carboxylic acids is 1. The molecule has 0 spiro atoms. The third-order valence-corrected chi connectivity index (χ3v) is 3.61. The van der Waals surface area contributed by atoms with Crippen LogP contribution in [0.15, 0.2) is 28.0 Å². The molecule has 2 aromatic heterocycles. The predicted octanol–water partition coefficient (Wildman–Crippen LogP) is 1.21. The minimum absolute atomic E-state index is 0.343. The van der Waals surface area contributed by atoms with Crippen LogP contribution in [0.25, 0.3) is 11.6 Å². The largest absolute Gasteiger partial charge is 0.480 e. The first kappa shape index (κ1) is 12.5. The van der Waals surface area contributed by atoms with Crippen molar-refractivity contribution in [3.63, 3.8) is 0 Å². The minimum Gasteiger partial charge on any atom is -0.480 e. The van der Waals surface area contributed by atoms with Gasteiger partial charge in [-0.25, -0.2) is 4.68 Å². The summed E-state index contributed by atoms with van der Waals surface area (Å²) in [7, 11) is 0. The summed E-state index contributed by atoms with van der Waals surface area (Å²) in [5.74, 6) is 5.77. The van der Waals surface area contributed by atoms with E-state index in [2.05, 4.69) is 10.2 Å². The van der Waals surface area contributed by atoms with Crippen LogP contribution < -0.4 is 5.84 Å². The highest BCUT2D eigenvalue weighted by atomic mass is 32.2. The molecule has 0 radical (unpaired) electrons. The second kappa shape index (κ2) is 5.13. The quantitative estimate of drug-likeness (QED) is 0.619. The maximum absolute atomic E-state index is 10.9. The molecule has 2 rings (SSSR count). The fourth-order valence-electron chi connectivity index (χ4n) is 1.37. The first-order valence-corrected chi connectivity index (χ1v) is 6.15. The summed E-state index contributed by atoms with van der Waals surface area (Å²) in [5.41, 5.74) is 0. The Morgan fingerprint density at radius 2 is 2.44 bits per heavy atom. The van der Waals surface area contributed by atoms with Crippen molar-refractivity contribution in [2.45, 2.75) is 23.8 Å². The summed E-state index contributed by atoms with van der Waals surface area (Å²) >= 11 is 1.06. The zero-order chi connectivity index (χ0) is 13.1. The number of hydrogen-bond donors (Lipinski definition) is 2. The summed E-state index contributed by atoms with van der Waals surface area (Å²) in [6, 6.07) is 3.42. The number of rotatable bonds is 5. The van der Waals surface area contributed by atoms with Gasteiger partial charge in [0.2, 0.25) is 11.0 Å². The molecule has 7 nitrogen and oxygen atoms in total. The molecule has 0 amide bonds. The van der Waals surface area contributed by atoms with Crippen LogP contribution in [-0.2, 0) is 4.79 Å². The lowest BCUT2D eigenvalue weighted by Gasteiger charge is -2.07. The van der Waals surface area contributed by atoms with E-state index in [1.807, 2.05) is 0 Å². The third-order valence-electron chi connectivity index (χ3n) is 2.30. The Morgan fingerprint density at radius 3 is 3.00 bits per heavy atom. The molecule has 2 aromatic rings. The van der Waals surface area contributed by atoms with Crippen LogP contribution >= 0.6 is 11.8 Å². The molecule has 0 aliphatic carbocycles. The van der Waals surface area contributed by atoms with E-state index >= 15 is 0 Å². The van der Waals surface area contributed by atoms with E-state index in [4.69, 9.17) is 15.4 Å². The molecule has 2 heterocycles. The Hall–Kier alpha value is -1.96. The molecule has 0 fully saturated rings. The molecular weight excluding hydrogens is 256 g/mol. The standard InChI is InChI=1S/C10H12N4O3S/c1-2-7(9(15)16)18-10-13-12-8(14(10)11)6-4-3-5-17-6/h3-5,7H,2,11H2,1H3,(H,15,16)/t7-/m1/s1. The van der Waals surface area contributed by atoms with E-state index in [-0.39, 0.29) is 0 Å². The number of nitrogens with two attached hydrogens (primary N) is 1. The van der Waals surface area contributed by atoms with Gasteiger partial charge in [0.05, 0.1) is 6.26 Å². The first-order chi connectivity index (χ1) is 8.63. The molecule has 1 atom stereocenters. The molecule has 0 aliphatic heterocycles. The van der Waals surface area contributed by atoms with E-state index < -0.39 is 11.2 Å². The average molecular weight is 268 g/mol. The van der Waals surface area contributed by atoms with Gasteiger partial charge in [-0.1, -0.05) is 18.7 Å². The number of nitrogen functional groups attached to an aromatic ring is 1. The predicted molar refractivity (Wildman–Crippen MR) is 65.4 cm³/mol. The molecule has 0 aliphatic rings. The van der Waals surface area contributed by atoms with Crippen LogP contribution in [0.4, 0.5) is 0 Å². The van der Waals surface area contributed by atoms with Crippen LogP contribution in [0.3, 0.4) is 0 Å². The highest BCUT2D eigenvalue weighted by Crippen LogP contribution is 2.26. The van der Waals surface area contributed by atoms with Crippen molar-refractivity contribution in [1.29, 1.82) is 0 Å². The number of aliphatic carboxylic acids is 1. The number of carboxylic acid groups (broad SMARTS) is 1. The fourth-order valence-corrected chi connectivity index (χ4v) is 2.18. The number of furan rings is 1. The van der Waals surface area contributed by atoms with Gasteiger partial charge in [-0.3, -0.25) is 4.79 Å². The Labute approximate surface area is 107 Å². The van der Waals surface area contributed by atoms with Crippen LogP contribution in [0.1, 0.15) is 13.3 Å². The zero-order valence-electron chi connectivity index (χ0n) is 9.61. The van der Waals surface area contributed by atoms with Gasteiger partial charge in [0.15, 0.2) is 5.76 Å². The lowest BCUT2D eigenvalue weighted by molar-refractivity contribution is -0.136. The summed E-state index contributed by atoms with van der Waals surface area (Å²) in [4.78, 5) is 10.9. The molecule has 0 unspecified atom stereocenters. The average Bonchev–Trinajstić information content (AvgIpc) is 2.95. The van der Waals surface area contributed by atoms with Gasteiger partial charge in [0.1, 0.15) is 5.25 Å². The van der Waals surface area contributed by atoms with Gasteiger partial charge < -0.3 is 15.4 Å². The van der Waals surface area contributed by atoms with Crippen molar-refractivity contribution in [2.24, 2.45) is 0 Å². The van der Waals surface area contributed by atoms with Gasteiger partial charge in [-0.15, -0.1) is 10.2 Å². The summed E-state index contributed by atoms with van der Waals surface area (Å²) in [6.45, 7) is 1.79. The highest BCUT2D eigenvalue weighted by Gasteiger charge is 2.22. The van der Waals surface area contributed by atoms with E-state index in [0.29, 0.717) is 23.2 Å². The smallest absolute Gasteiger partial charge is 0.317 e. The molecule has 8 heteroatoms. The van der Waals surface area contributed by atoms with Gasteiger partial charge in [-0.2, -0.15) is 0 Å². The Morgan fingerprint density at radius 1 is 1.67 bits per heavy atom. The lowest BCUT2D eigenvalue weighted by Crippen LogP contribution is -2.18. The number of thioether (sulfide) groups is 1. The van der Waals surface area contributed by atoms with Crippen LogP contribution in [0.2, 0.25) is 0 Å². The number of hydrogen-bond acceptors (Lipinski definition) is 6. The van der Waals surface area contributed by atoms with E-state index in [0.717, 1.165) is 11.8 Å². The summed E-state index contributed by atoms with van der Waals surface area (Å²) in [6.07, 6.45) is 1.98. The topological polar surface area (TPSA) is 107 Å². The van der Waals surface area contributed by atoms with Crippen molar-refractivity contribution >= 4 is 17.7 Å². The summed E-state index contributed by atoms with van der Waals surface area (Å²) in [5, 5.41) is 16.5. The van der Waals surface area contributed by atoms with Crippen molar-refractivity contribution in [2.75, 3.05) is 5.84 Å². The maximum Gasteiger partial charge on any atom is 0.317 e. The summed E-state index contributed by atoms with van der Waals surface area (Å²) < 4.78 is 6.39. The zero-order valence-corrected chi connectivity index (χ0v) is 10.4. The van der Waals surface area contributed by atoms with Crippen molar-refractivity contribution in [1.82, 2.24) is 14.9 Å². The SMILES string of the molecule is CC[C@@H](Sc1nnc(-c2ccco2)n1N)C(=O)O. The normalized spacial score (nSPS) is 12.5. The Balaban J connectivity index is 2.23. The van der Waals surface area contributed by atoms with E-state index in [1.165, 1.54) is 10.9 Å². The van der Waals surface area contributed by atoms with Gasteiger partial charge in [-0.05, 0) is 18.6 Å². The van der Waals surface area contributed by atoms with Crippen molar-refractivity contribution in [3.05, 3.63) is 18.4 Å². The van der Waals surface area contributed by atoms with Crippen LogP contribution in [0.5, 0.6) is 0 Å². The number of aromatic nitrogens is 3. The highest BCUT2D eigenvalue weighted by molar-refractivity contribution is 8.00. The van der Waals surface area contributed by atoms with Gasteiger partial charge >= 0.3 is 5.97 Å². The lowest BCUT2D eigenvalue weighted by atomic mass is 10.3. The molecule has 0 saturated carbocycles. The first-order valence-electron chi connectivity index (χ1n) is 5.27. The third kappa shape index (κ3) is 2.33. The molecular formula is C10H12N4O3S. The molecule has 18 heavy (non-hydrogen) atoms. The minimum atomic E-state index is -0.898. The maximum atomic E-state index is 10.9. The Kier molecular flexibility index (Phi) is 3.56. The fraction of sp³-hybridized carbons (Fsp3) is 0.300. The van der Waals surface area contributed by atoms with Crippen molar-refractivity contribution < 1.29 is 14.3 Å². The monoisotopic (exact) mass is 268 g/mol. The number of carbonyl (C=O) groups is 1. The molecule has 0 bridgehead atoms. The van der Waals surface area contributed by atoms with Gasteiger partial charge in [0, 0.05) is 0 Å². The second-order valence-corrected chi connectivity index (χ2v) is 4.68.